The van der Waals surface area contributed by atoms with Crippen molar-refractivity contribution in [1.82, 2.24) is 0 Å². The van der Waals surface area contributed by atoms with Crippen LogP contribution in [0.4, 0.5) is 0 Å². The summed E-state index contributed by atoms with van der Waals surface area (Å²) in [5.74, 6) is 2.92. The van der Waals surface area contributed by atoms with E-state index in [-0.39, 0.29) is 5.41 Å². The molecule has 0 heterocycles. The van der Waals surface area contributed by atoms with Crippen LogP contribution in [0.15, 0.2) is 18.2 Å². The van der Waals surface area contributed by atoms with Crippen molar-refractivity contribution < 1.29 is 10.9 Å². The van der Waals surface area contributed by atoms with Crippen molar-refractivity contribution in [2.45, 2.75) is 51.4 Å². The lowest BCUT2D eigenvalue weighted by molar-refractivity contribution is -0.129. The summed E-state index contributed by atoms with van der Waals surface area (Å²) in [6, 6.07) is 4.60. The van der Waals surface area contributed by atoms with Gasteiger partial charge in [-0.05, 0) is 73.1 Å². The Balaban J connectivity index is 1.73. The Bertz CT molecular complexity index is 639. The largest absolute Gasteiger partial charge is 0.497 e. The number of aryl methyl sites for hydroxylation is 1. The van der Waals surface area contributed by atoms with Crippen LogP contribution in [0, 0.1) is 17.3 Å². The monoisotopic (exact) mass is 285 g/mol. The van der Waals surface area contributed by atoms with Gasteiger partial charge < -0.3 is 4.74 Å². The van der Waals surface area contributed by atoms with E-state index in [1.54, 1.807) is 7.11 Å². The van der Waals surface area contributed by atoms with Crippen LogP contribution in [-0.4, -0.2) is 12.9 Å². The maximum absolute atomic E-state index is 12.3. The Morgan fingerprint density at radius 1 is 1.33 bits per heavy atom. The minimum atomic E-state index is -0.0606. The number of ether oxygens (including phenoxy) is 1. The highest BCUT2D eigenvalue weighted by Crippen LogP contribution is 2.59. The molecule has 4 rings (SSSR count). The standard InChI is InChI=1S/C19H24O2/c1-19-10-9-15-14-6-4-13(21-2)11-12(14)3-5-16(15)17(19)7-8-18(19)20/h4,6,11,15-17H,3,5,7-10H2,1-2H3/t15-,16-,17+,19+/m1/s1/i4D. The third kappa shape index (κ3) is 1.81. The van der Waals surface area contributed by atoms with E-state index in [9.17, 15) is 4.79 Å². The van der Waals surface area contributed by atoms with Gasteiger partial charge in [-0.25, -0.2) is 0 Å². The first kappa shape index (κ1) is 12.3. The van der Waals surface area contributed by atoms with E-state index in [1.165, 1.54) is 17.5 Å². The average molecular weight is 285 g/mol. The molecule has 3 aliphatic rings. The summed E-state index contributed by atoms with van der Waals surface area (Å²) in [6.45, 7) is 2.21. The van der Waals surface area contributed by atoms with Crippen LogP contribution in [0.3, 0.4) is 0 Å². The second-order valence-electron chi connectivity index (χ2n) is 7.32. The maximum Gasteiger partial charge on any atom is 0.139 e. The van der Waals surface area contributed by atoms with E-state index in [0.717, 1.165) is 32.1 Å². The topological polar surface area (TPSA) is 26.3 Å². The summed E-state index contributed by atoms with van der Waals surface area (Å²) in [6.07, 6.45) is 6.23. The zero-order valence-electron chi connectivity index (χ0n) is 13.9. The number of hydrogen-bond acceptors (Lipinski definition) is 2. The summed E-state index contributed by atoms with van der Waals surface area (Å²) in [5, 5.41) is 0. The molecule has 1 aromatic rings. The van der Waals surface area contributed by atoms with Crippen molar-refractivity contribution in [2.75, 3.05) is 7.11 Å². The predicted octanol–water partition coefficient (Wildman–Crippen LogP) is 4.12. The van der Waals surface area contributed by atoms with Crippen molar-refractivity contribution in [3.8, 4) is 5.75 Å². The molecule has 0 bridgehead atoms. The average Bonchev–Trinajstić information content (AvgIpc) is 2.82. The van der Waals surface area contributed by atoms with Gasteiger partial charge in [0.2, 0.25) is 0 Å². The molecule has 0 saturated heterocycles. The van der Waals surface area contributed by atoms with Crippen molar-refractivity contribution in [3.63, 3.8) is 0 Å². The van der Waals surface area contributed by atoms with Gasteiger partial charge in [-0.1, -0.05) is 13.0 Å². The molecule has 1 aromatic carbocycles. The molecule has 0 amide bonds. The molecule has 3 aliphatic carbocycles. The van der Waals surface area contributed by atoms with Gasteiger partial charge in [0.25, 0.3) is 0 Å². The lowest BCUT2D eigenvalue weighted by Crippen LogP contribution is -2.42. The van der Waals surface area contributed by atoms with Crippen molar-refractivity contribution in [2.24, 2.45) is 17.3 Å². The molecule has 0 unspecified atom stereocenters. The molecule has 21 heavy (non-hydrogen) atoms. The maximum atomic E-state index is 12.3. The third-order valence-corrected chi connectivity index (χ3v) is 6.56. The van der Waals surface area contributed by atoms with Gasteiger partial charge in [-0.15, -0.1) is 0 Å². The summed E-state index contributed by atoms with van der Waals surface area (Å²) in [5.41, 5.74) is 2.67. The fraction of sp³-hybridized carbons (Fsp3) is 0.632. The first-order chi connectivity index (χ1) is 10.5. The van der Waals surface area contributed by atoms with Gasteiger partial charge in [0.05, 0.1) is 8.48 Å². The number of hydrogen-bond donors (Lipinski definition) is 0. The van der Waals surface area contributed by atoms with Crippen molar-refractivity contribution in [1.29, 1.82) is 0 Å². The number of ketones is 1. The van der Waals surface area contributed by atoms with Crippen LogP contribution in [0.5, 0.6) is 5.75 Å². The van der Waals surface area contributed by atoms with Gasteiger partial charge in [-0.3, -0.25) is 4.79 Å². The number of carbonyl (C=O) groups excluding carboxylic acids is 1. The van der Waals surface area contributed by atoms with Gasteiger partial charge in [0.15, 0.2) is 0 Å². The Kier molecular flexibility index (Phi) is 2.68. The molecular weight excluding hydrogens is 260 g/mol. The Morgan fingerprint density at radius 2 is 2.19 bits per heavy atom. The molecule has 2 nitrogen and oxygen atoms in total. The highest BCUT2D eigenvalue weighted by atomic mass is 16.5. The second-order valence-corrected chi connectivity index (χ2v) is 7.32. The molecule has 2 saturated carbocycles. The predicted molar refractivity (Wildman–Crippen MR) is 82.6 cm³/mol. The summed E-state index contributed by atoms with van der Waals surface area (Å²) in [4.78, 5) is 12.3. The summed E-state index contributed by atoms with van der Waals surface area (Å²) < 4.78 is 13.5. The molecule has 4 atom stereocenters. The molecule has 2 fully saturated rings. The van der Waals surface area contributed by atoms with Crippen molar-refractivity contribution in [3.05, 3.63) is 29.3 Å². The first-order valence-electron chi connectivity index (χ1n) is 8.75. The minimum Gasteiger partial charge on any atom is -0.497 e. The van der Waals surface area contributed by atoms with E-state index in [1.807, 2.05) is 6.07 Å². The number of fused-ring (bicyclic) bond motifs is 5. The molecule has 0 radical (unpaired) electrons. The van der Waals surface area contributed by atoms with E-state index in [4.69, 9.17) is 6.11 Å². The number of Topliss-reactive ketones (excluding diaryl/α,β-unsaturated/α-hetero) is 1. The molecule has 0 N–H and O–H groups in total. The van der Waals surface area contributed by atoms with Crippen LogP contribution < -0.4 is 4.74 Å². The van der Waals surface area contributed by atoms with E-state index in [0.29, 0.717) is 35.3 Å². The SMILES string of the molecule is [2H]c1cc2c(cc1OC)CC[C@@H]1[C@@H]2CC[C@]2(C)C(=O)CC[C@@H]12. The van der Waals surface area contributed by atoms with Crippen LogP contribution in [-0.2, 0) is 11.2 Å². The number of rotatable bonds is 1. The van der Waals surface area contributed by atoms with E-state index >= 15 is 0 Å². The van der Waals surface area contributed by atoms with E-state index in [2.05, 4.69) is 13.0 Å². The van der Waals surface area contributed by atoms with Crippen LogP contribution in [0.25, 0.3) is 0 Å². The quantitative estimate of drug-likeness (QED) is 0.776. The zero-order chi connectivity index (χ0) is 15.5. The second kappa shape index (κ2) is 4.59. The van der Waals surface area contributed by atoms with Crippen molar-refractivity contribution >= 4 is 5.78 Å². The fourth-order valence-electron chi connectivity index (χ4n) is 5.37. The fourth-order valence-corrected chi connectivity index (χ4v) is 5.37. The van der Waals surface area contributed by atoms with Gasteiger partial charge in [0, 0.05) is 11.8 Å². The van der Waals surface area contributed by atoms with E-state index < -0.39 is 0 Å². The van der Waals surface area contributed by atoms with Gasteiger partial charge in [-0.2, -0.15) is 0 Å². The number of methoxy groups -OCH3 is 1. The zero-order valence-corrected chi connectivity index (χ0v) is 12.9. The van der Waals surface area contributed by atoms with Crippen LogP contribution >= 0.6 is 0 Å². The summed E-state index contributed by atoms with van der Waals surface area (Å²) >= 11 is 0. The number of benzene rings is 1. The Hall–Kier alpha value is -1.31. The van der Waals surface area contributed by atoms with Gasteiger partial charge >= 0.3 is 0 Å². The lowest BCUT2D eigenvalue weighted by atomic mass is 9.55. The molecule has 0 aliphatic heterocycles. The Labute approximate surface area is 128 Å². The van der Waals surface area contributed by atoms with Crippen LogP contribution in [0.2, 0.25) is 0 Å². The highest BCUT2D eigenvalue weighted by molar-refractivity contribution is 5.87. The third-order valence-electron chi connectivity index (χ3n) is 6.56. The van der Waals surface area contributed by atoms with Crippen LogP contribution in [0.1, 0.15) is 57.4 Å². The highest BCUT2D eigenvalue weighted by Gasteiger charge is 2.54. The molecule has 0 aromatic heterocycles. The van der Waals surface area contributed by atoms with Gasteiger partial charge in [0.1, 0.15) is 11.5 Å². The Morgan fingerprint density at radius 3 is 3.00 bits per heavy atom. The molecule has 2 heteroatoms. The lowest BCUT2D eigenvalue weighted by Gasteiger charge is -2.48. The minimum absolute atomic E-state index is 0.0606. The smallest absolute Gasteiger partial charge is 0.139 e. The summed E-state index contributed by atoms with van der Waals surface area (Å²) in [7, 11) is 1.64. The normalized spacial score (nSPS) is 38.3. The molecule has 0 spiro atoms. The number of carbonyl (C=O) groups is 1. The first-order valence-corrected chi connectivity index (χ1v) is 8.25. The molecular formula is C19H24O2. The molecule has 112 valence electrons.